The normalized spacial score (nSPS) is 20.8. The first-order valence-electron chi connectivity index (χ1n) is 11.4. The van der Waals surface area contributed by atoms with Crippen LogP contribution in [-0.2, 0) is 14.3 Å². The maximum absolute atomic E-state index is 14.3. The number of carboxylic acids is 1. The van der Waals surface area contributed by atoms with Crippen LogP contribution in [0.1, 0.15) is 37.8 Å². The highest BCUT2D eigenvalue weighted by atomic mass is 19.3. The fourth-order valence-corrected chi connectivity index (χ4v) is 4.73. The van der Waals surface area contributed by atoms with Crippen LogP contribution < -0.4 is 10.6 Å². The Labute approximate surface area is 201 Å². The van der Waals surface area contributed by atoms with Crippen molar-refractivity contribution in [3.63, 3.8) is 0 Å². The van der Waals surface area contributed by atoms with Crippen molar-refractivity contribution >= 4 is 18.0 Å². The first kappa shape index (κ1) is 24.6. The number of ether oxygens (including phenoxy) is 1. The Balaban J connectivity index is 1.32. The third kappa shape index (κ3) is 4.72. The molecule has 7 nitrogen and oxygen atoms in total. The molecule has 1 saturated carbocycles. The van der Waals surface area contributed by atoms with Crippen LogP contribution in [0.3, 0.4) is 0 Å². The number of hydrogen-bond acceptors (Lipinski definition) is 4. The molecule has 1 fully saturated rings. The molecule has 3 N–H and O–H groups in total. The topological polar surface area (TPSA) is 105 Å². The third-order valence-corrected chi connectivity index (χ3v) is 6.69. The lowest BCUT2D eigenvalue weighted by atomic mass is 9.86. The smallest absolute Gasteiger partial charge is 0.407 e. The van der Waals surface area contributed by atoms with Crippen LogP contribution in [-0.4, -0.2) is 48.2 Å². The number of alkyl carbamates (subject to hydrolysis) is 1. The van der Waals surface area contributed by atoms with E-state index in [0.717, 1.165) is 22.3 Å². The molecule has 0 aliphatic heterocycles. The van der Waals surface area contributed by atoms with Gasteiger partial charge in [0.2, 0.25) is 5.91 Å². The number of carbonyl (C=O) groups excluding carboxylic acids is 2. The van der Waals surface area contributed by atoms with E-state index in [-0.39, 0.29) is 12.5 Å². The summed E-state index contributed by atoms with van der Waals surface area (Å²) in [7, 11) is 0. The zero-order valence-electron chi connectivity index (χ0n) is 19.7. The number of rotatable bonds is 7. The lowest BCUT2D eigenvalue weighted by Gasteiger charge is -2.27. The number of alkyl halides is 2. The van der Waals surface area contributed by atoms with E-state index < -0.39 is 53.7 Å². The van der Waals surface area contributed by atoms with Gasteiger partial charge in [0, 0.05) is 12.5 Å². The number of amides is 2. The summed E-state index contributed by atoms with van der Waals surface area (Å²) >= 11 is 0. The molecule has 0 heterocycles. The number of nitrogens with one attached hydrogen (secondary N) is 2. The summed E-state index contributed by atoms with van der Waals surface area (Å²) in [5.74, 6) is -9.00. The van der Waals surface area contributed by atoms with Crippen molar-refractivity contribution < 1.29 is 33.0 Å². The predicted octanol–water partition coefficient (Wildman–Crippen LogP) is 4.02. The minimum absolute atomic E-state index is 0.0384. The zero-order chi connectivity index (χ0) is 25.5. The molecule has 0 bridgehead atoms. The second-order valence-electron chi connectivity index (χ2n) is 10.1. The number of aliphatic carboxylic acids is 1. The summed E-state index contributed by atoms with van der Waals surface area (Å²) in [4.78, 5) is 36.1. The largest absolute Gasteiger partial charge is 0.480 e. The number of benzene rings is 2. The van der Waals surface area contributed by atoms with E-state index in [1.807, 2.05) is 48.5 Å². The van der Waals surface area contributed by atoms with E-state index >= 15 is 0 Å². The average molecular weight is 487 g/mol. The molecule has 3 atom stereocenters. The summed E-state index contributed by atoms with van der Waals surface area (Å²) in [5, 5.41) is 13.9. The Bertz CT molecular complexity index is 1110. The summed E-state index contributed by atoms with van der Waals surface area (Å²) in [5.41, 5.74) is 3.33. The van der Waals surface area contributed by atoms with Crippen molar-refractivity contribution in [2.24, 2.45) is 17.3 Å². The molecule has 9 heteroatoms. The van der Waals surface area contributed by atoms with Gasteiger partial charge in [-0.25, -0.2) is 18.4 Å². The van der Waals surface area contributed by atoms with Gasteiger partial charge >= 0.3 is 12.1 Å². The highest BCUT2D eigenvalue weighted by Crippen LogP contribution is 2.55. The van der Waals surface area contributed by atoms with Crippen molar-refractivity contribution in [1.29, 1.82) is 0 Å². The molecule has 2 amide bonds. The van der Waals surface area contributed by atoms with Crippen molar-refractivity contribution in [1.82, 2.24) is 10.6 Å². The van der Waals surface area contributed by atoms with Crippen molar-refractivity contribution in [3.05, 3.63) is 59.7 Å². The van der Waals surface area contributed by atoms with E-state index in [9.17, 15) is 28.3 Å². The molecule has 0 aromatic heterocycles. The second-order valence-corrected chi connectivity index (χ2v) is 10.1. The Morgan fingerprint density at radius 1 is 1.03 bits per heavy atom. The standard InChI is InChI=1S/C26H28F2N2O5/c1-25(2,3)21(23(32)33)30-22(31)20-19(26(20,27)28)12-29-24(34)35-13-18-16-10-6-4-8-14(16)15-9-5-7-11-17(15)18/h4-11,18-21H,12-13H2,1-3H3,(H,29,34)(H,30,31)(H,32,33). The minimum Gasteiger partial charge on any atom is -0.480 e. The number of carboxylic acid groups (broad SMARTS) is 1. The molecule has 3 unspecified atom stereocenters. The van der Waals surface area contributed by atoms with Gasteiger partial charge in [0.25, 0.3) is 5.92 Å². The van der Waals surface area contributed by atoms with Crippen LogP contribution in [0.4, 0.5) is 13.6 Å². The van der Waals surface area contributed by atoms with Gasteiger partial charge in [-0.15, -0.1) is 0 Å². The predicted molar refractivity (Wildman–Crippen MR) is 124 cm³/mol. The molecule has 0 radical (unpaired) electrons. The number of fused-ring (bicyclic) bond motifs is 3. The lowest BCUT2D eigenvalue weighted by Crippen LogP contribution is -2.50. The average Bonchev–Trinajstić information content (AvgIpc) is 3.20. The summed E-state index contributed by atoms with van der Waals surface area (Å²) in [6.45, 7) is 4.35. The molecule has 4 rings (SSSR count). The first-order chi connectivity index (χ1) is 16.4. The SMILES string of the molecule is CC(C)(C)C(NC(=O)C1C(CNC(=O)OCC2c3ccccc3-c3ccccc32)C1(F)F)C(=O)O. The van der Waals surface area contributed by atoms with Crippen LogP contribution in [0.2, 0.25) is 0 Å². The molecular weight excluding hydrogens is 458 g/mol. The molecule has 2 aromatic carbocycles. The van der Waals surface area contributed by atoms with Gasteiger partial charge in [-0.1, -0.05) is 69.3 Å². The van der Waals surface area contributed by atoms with Crippen LogP contribution >= 0.6 is 0 Å². The molecular formula is C26H28F2N2O5. The fraction of sp³-hybridized carbons (Fsp3) is 0.423. The maximum Gasteiger partial charge on any atom is 0.407 e. The minimum atomic E-state index is -3.35. The van der Waals surface area contributed by atoms with E-state index in [2.05, 4.69) is 10.6 Å². The van der Waals surface area contributed by atoms with Crippen LogP contribution in [0.15, 0.2) is 48.5 Å². The zero-order valence-corrected chi connectivity index (χ0v) is 19.7. The molecule has 0 spiro atoms. The highest BCUT2D eigenvalue weighted by molar-refractivity contribution is 5.88. The second kappa shape index (κ2) is 8.94. The number of hydrogen-bond donors (Lipinski definition) is 3. The molecule has 0 saturated heterocycles. The summed E-state index contributed by atoms with van der Waals surface area (Å²) < 4.78 is 33.9. The number of halogens is 2. The van der Waals surface area contributed by atoms with Gasteiger partial charge < -0.3 is 20.5 Å². The molecule has 35 heavy (non-hydrogen) atoms. The monoisotopic (exact) mass is 486 g/mol. The Morgan fingerprint density at radius 2 is 1.57 bits per heavy atom. The lowest BCUT2D eigenvalue weighted by molar-refractivity contribution is -0.145. The van der Waals surface area contributed by atoms with Crippen LogP contribution in [0.5, 0.6) is 0 Å². The van der Waals surface area contributed by atoms with Gasteiger partial charge in [-0.3, -0.25) is 4.79 Å². The molecule has 186 valence electrons. The van der Waals surface area contributed by atoms with Gasteiger partial charge in [-0.2, -0.15) is 0 Å². The van der Waals surface area contributed by atoms with E-state index in [1.54, 1.807) is 20.8 Å². The van der Waals surface area contributed by atoms with Gasteiger partial charge in [-0.05, 0) is 27.7 Å². The quantitative estimate of drug-likeness (QED) is 0.548. The maximum atomic E-state index is 14.3. The van der Waals surface area contributed by atoms with Gasteiger partial charge in [0.05, 0.1) is 5.92 Å². The first-order valence-corrected chi connectivity index (χ1v) is 11.4. The van der Waals surface area contributed by atoms with Crippen molar-refractivity contribution in [3.8, 4) is 11.1 Å². The van der Waals surface area contributed by atoms with Crippen molar-refractivity contribution in [2.45, 2.75) is 38.7 Å². The van der Waals surface area contributed by atoms with Crippen LogP contribution in [0, 0.1) is 17.3 Å². The molecule has 2 aromatic rings. The van der Waals surface area contributed by atoms with Gasteiger partial charge in [0.1, 0.15) is 18.6 Å². The Hall–Kier alpha value is -3.49. The summed E-state index contributed by atoms with van der Waals surface area (Å²) in [6.07, 6.45) is -0.855. The van der Waals surface area contributed by atoms with E-state index in [4.69, 9.17) is 4.74 Å². The Morgan fingerprint density at radius 3 is 2.09 bits per heavy atom. The van der Waals surface area contributed by atoms with E-state index in [1.165, 1.54) is 0 Å². The molecule has 2 aliphatic carbocycles. The molecule has 2 aliphatic rings. The third-order valence-electron chi connectivity index (χ3n) is 6.69. The summed E-state index contributed by atoms with van der Waals surface area (Å²) in [6, 6.07) is 14.3. The highest BCUT2D eigenvalue weighted by Gasteiger charge is 2.72. The van der Waals surface area contributed by atoms with Crippen LogP contribution in [0.25, 0.3) is 11.1 Å². The fourth-order valence-electron chi connectivity index (χ4n) is 4.73. The van der Waals surface area contributed by atoms with E-state index in [0.29, 0.717) is 0 Å². The van der Waals surface area contributed by atoms with Gasteiger partial charge in [0.15, 0.2) is 0 Å². The number of carbonyl (C=O) groups is 3. The van der Waals surface area contributed by atoms with Crippen molar-refractivity contribution in [2.75, 3.05) is 13.2 Å². The Kier molecular flexibility index (Phi) is 6.29.